The summed E-state index contributed by atoms with van der Waals surface area (Å²) in [4.78, 5) is 29.5. The van der Waals surface area contributed by atoms with Gasteiger partial charge in [-0.3, -0.25) is 4.79 Å². The number of aromatic carboxylic acids is 1. The van der Waals surface area contributed by atoms with E-state index in [9.17, 15) is 9.59 Å². The van der Waals surface area contributed by atoms with Crippen LogP contribution in [0.15, 0.2) is 18.5 Å². The lowest BCUT2D eigenvalue weighted by Crippen LogP contribution is -2.10. The second kappa shape index (κ2) is 6.15. The van der Waals surface area contributed by atoms with Crippen molar-refractivity contribution >= 4 is 35.0 Å². The molecule has 1 heterocycles. The first-order valence-corrected chi connectivity index (χ1v) is 6.64. The highest BCUT2D eigenvalue weighted by Gasteiger charge is 2.24. The van der Waals surface area contributed by atoms with Crippen molar-refractivity contribution in [3.05, 3.63) is 45.5 Å². The molecule has 6 nitrogen and oxygen atoms in total. The van der Waals surface area contributed by atoms with Crippen LogP contribution < -0.4 is 4.74 Å². The van der Waals surface area contributed by atoms with E-state index < -0.39 is 11.8 Å². The van der Waals surface area contributed by atoms with Gasteiger partial charge in [-0.2, -0.15) is 0 Å². The van der Waals surface area contributed by atoms with Crippen LogP contribution in [0.2, 0.25) is 10.0 Å². The minimum absolute atomic E-state index is 0.0553. The molecule has 0 aliphatic heterocycles. The zero-order valence-electron chi connectivity index (χ0n) is 10.8. The summed E-state index contributed by atoms with van der Waals surface area (Å²) in [6, 6.07) is 2.74. The number of carboxylic acid groups (broad SMARTS) is 1. The van der Waals surface area contributed by atoms with E-state index in [-0.39, 0.29) is 27.0 Å². The monoisotopic (exact) mass is 328 g/mol. The molecule has 0 atom stereocenters. The summed E-state index contributed by atoms with van der Waals surface area (Å²) in [5.74, 6) is -1.58. The lowest BCUT2D eigenvalue weighted by atomic mass is 10.1. The van der Waals surface area contributed by atoms with Gasteiger partial charge in [-0.15, -0.1) is 0 Å². The quantitative estimate of drug-likeness (QED) is 0.823. The maximum atomic E-state index is 12.3. The molecule has 0 fully saturated rings. The Kier molecular flexibility index (Phi) is 4.50. The van der Waals surface area contributed by atoms with E-state index in [0.29, 0.717) is 12.4 Å². The molecule has 110 valence electrons. The fraction of sp³-hybridized carbons (Fsp3) is 0.154. The Bertz CT molecular complexity index is 712. The van der Waals surface area contributed by atoms with Crippen molar-refractivity contribution in [2.24, 2.45) is 0 Å². The van der Waals surface area contributed by atoms with Gasteiger partial charge in [-0.1, -0.05) is 23.2 Å². The summed E-state index contributed by atoms with van der Waals surface area (Å²) in [6.07, 6.45) is 1.13. The molecule has 0 saturated carbocycles. The molecule has 0 saturated heterocycles. The van der Waals surface area contributed by atoms with Crippen molar-refractivity contribution in [1.82, 2.24) is 9.97 Å². The zero-order valence-corrected chi connectivity index (χ0v) is 12.3. The number of nitrogens with zero attached hydrogens (tertiary/aromatic N) is 1. The number of carboxylic acids is 1. The second-order valence-corrected chi connectivity index (χ2v) is 4.77. The van der Waals surface area contributed by atoms with Crippen LogP contribution in [0.5, 0.6) is 5.75 Å². The third-order valence-corrected chi connectivity index (χ3v) is 3.24. The second-order valence-electron chi connectivity index (χ2n) is 3.96. The first-order valence-electron chi connectivity index (χ1n) is 5.88. The molecule has 0 bridgehead atoms. The predicted molar refractivity (Wildman–Crippen MR) is 76.6 cm³/mol. The number of nitrogens with one attached hydrogen (secondary N) is 1. The largest absolute Gasteiger partial charge is 0.492 e. The number of aromatic nitrogens is 2. The van der Waals surface area contributed by atoms with Gasteiger partial charge in [0, 0.05) is 11.6 Å². The van der Waals surface area contributed by atoms with Gasteiger partial charge in [0.05, 0.1) is 23.0 Å². The Morgan fingerprint density at radius 2 is 2.05 bits per heavy atom. The third kappa shape index (κ3) is 3.01. The number of carbonyl (C=O) groups is 2. The molecule has 21 heavy (non-hydrogen) atoms. The van der Waals surface area contributed by atoms with Gasteiger partial charge in [-0.25, -0.2) is 9.78 Å². The third-order valence-electron chi connectivity index (χ3n) is 2.63. The van der Waals surface area contributed by atoms with Crippen LogP contribution in [0.3, 0.4) is 0 Å². The minimum atomic E-state index is -1.29. The van der Waals surface area contributed by atoms with E-state index >= 15 is 0 Å². The fourth-order valence-corrected chi connectivity index (χ4v) is 2.18. The Hall–Kier alpha value is -2.05. The molecule has 1 aromatic heterocycles. The van der Waals surface area contributed by atoms with Crippen LogP contribution in [0, 0.1) is 0 Å². The summed E-state index contributed by atoms with van der Waals surface area (Å²) in [5.41, 5.74) is -0.481. The molecule has 2 N–H and O–H groups in total. The van der Waals surface area contributed by atoms with Crippen LogP contribution in [0.1, 0.15) is 33.5 Å². The van der Waals surface area contributed by atoms with Crippen LogP contribution in [0.4, 0.5) is 0 Å². The van der Waals surface area contributed by atoms with E-state index in [4.69, 9.17) is 33.0 Å². The van der Waals surface area contributed by atoms with Crippen LogP contribution in [-0.2, 0) is 0 Å². The molecular formula is C13H10Cl2N2O4. The number of benzene rings is 1. The Morgan fingerprint density at radius 3 is 2.67 bits per heavy atom. The highest BCUT2D eigenvalue weighted by atomic mass is 35.5. The number of ether oxygens (including phenoxy) is 1. The van der Waals surface area contributed by atoms with E-state index in [1.165, 1.54) is 12.1 Å². The maximum Gasteiger partial charge on any atom is 0.354 e. The van der Waals surface area contributed by atoms with Crippen molar-refractivity contribution < 1.29 is 19.4 Å². The van der Waals surface area contributed by atoms with Crippen LogP contribution >= 0.6 is 23.2 Å². The van der Waals surface area contributed by atoms with Crippen LogP contribution in [-0.4, -0.2) is 33.4 Å². The Balaban J connectivity index is 2.46. The molecule has 2 rings (SSSR count). The first-order chi connectivity index (χ1) is 9.95. The molecule has 2 aromatic rings. The number of H-pyrrole nitrogens is 1. The van der Waals surface area contributed by atoms with Gasteiger partial charge in [0.2, 0.25) is 5.78 Å². The summed E-state index contributed by atoms with van der Waals surface area (Å²) < 4.78 is 5.26. The molecule has 0 aliphatic rings. The lowest BCUT2D eigenvalue weighted by molar-refractivity contribution is 0.0687. The number of hydrogen-bond donors (Lipinski definition) is 2. The van der Waals surface area contributed by atoms with Crippen molar-refractivity contribution in [2.45, 2.75) is 6.92 Å². The van der Waals surface area contributed by atoms with E-state index in [1.54, 1.807) is 6.92 Å². The van der Waals surface area contributed by atoms with Gasteiger partial charge in [0.15, 0.2) is 5.69 Å². The van der Waals surface area contributed by atoms with Crippen molar-refractivity contribution in [3.8, 4) is 5.75 Å². The number of imidazole rings is 1. The van der Waals surface area contributed by atoms with E-state index in [0.717, 1.165) is 6.33 Å². The van der Waals surface area contributed by atoms with Gasteiger partial charge >= 0.3 is 5.97 Å². The first kappa shape index (κ1) is 15.3. The number of carbonyl (C=O) groups excluding carboxylic acids is 1. The average molecular weight is 329 g/mol. The van der Waals surface area contributed by atoms with E-state index in [2.05, 4.69) is 9.97 Å². The molecule has 0 aliphatic carbocycles. The zero-order chi connectivity index (χ0) is 15.6. The summed E-state index contributed by atoms with van der Waals surface area (Å²) in [5, 5.41) is 9.30. The molecule has 0 spiro atoms. The SMILES string of the molecule is CCOc1cc(Cl)c(C(=O)c2nc[nH]c2C(=O)O)cc1Cl. The number of hydrogen-bond acceptors (Lipinski definition) is 4. The van der Waals surface area contributed by atoms with Gasteiger partial charge < -0.3 is 14.8 Å². The summed E-state index contributed by atoms with van der Waals surface area (Å²) >= 11 is 12.0. The minimum Gasteiger partial charge on any atom is -0.492 e. The molecule has 0 amide bonds. The van der Waals surface area contributed by atoms with Gasteiger partial charge in [-0.05, 0) is 13.0 Å². The highest BCUT2D eigenvalue weighted by Crippen LogP contribution is 2.32. The molecule has 0 unspecified atom stereocenters. The van der Waals surface area contributed by atoms with Crippen molar-refractivity contribution in [3.63, 3.8) is 0 Å². The Labute approximate surface area is 129 Å². The van der Waals surface area contributed by atoms with Crippen LogP contribution in [0.25, 0.3) is 0 Å². The molecule has 8 heteroatoms. The van der Waals surface area contributed by atoms with Crippen molar-refractivity contribution in [2.75, 3.05) is 6.61 Å². The highest BCUT2D eigenvalue weighted by molar-refractivity contribution is 6.37. The van der Waals surface area contributed by atoms with Gasteiger partial charge in [0.25, 0.3) is 0 Å². The standard InChI is InChI=1S/C13H10Cl2N2O4/c1-2-21-9-4-7(14)6(3-8(9)15)12(18)10-11(13(19)20)17-5-16-10/h3-5H,2H2,1H3,(H,16,17)(H,19,20). The maximum absolute atomic E-state index is 12.3. The van der Waals surface area contributed by atoms with Gasteiger partial charge in [0.1, 0.15) is 11.4 Å². The van der Waals surface area contributed by atoms with Crippen molar-refractivity contribution in [1.29, 1.82) is 0 Å². The summed E-state index contributed by atoms with van der Waals surface area (Å²) in [6.45, 7) is 2.18. The smallest absolute Gasteiger partial charge is 0.354 e. The number of ketones is 1. The number of halogens is 2. The molecule has 0 radical (unpaired) electrons. The molecular weight excluding hydrogens is 319 g/mol. The average Bonchev–Trinajstić information content (AvgIpc) is 2.91. The Morgan fingerprint density at radius 1 is 1.33 bits per heavy atom. The number of aromatic amines is 1. The number of rotatable bonds is 5. The predicted octanol–water partition coefficient (Wildman–Crippen LogP) is 3.04. The summed E-state index contributed by atoms with van der Waals surface area (Å²) in [7, 11) is 0. The molecule has 1 aromatic carbocycles. The fourth-order valence-electron chi connectivity index (χ4n) is 1.73. The normalized spacial score (nSPS) is 10.4. The lowest BCUT2D eigenvalue weighted by Gasteiger charge is -2.09. The topological polar surface area (TPSA) is 92.3 Å². The van der Waals surface area contributed by atoms with E-state index in [1.807, 2.05) is 0 Å².